The molecule has 0 bridgehead atoms. The molecule has 1 fully saturated rings. The summed E-state index contributed by atoms with van der Waals surface area (Å²) in [7, 11) is 1.52. The van der Waals surface area contributed by atoms with Crippen molar-refractivity contribution in [3.63, 3.8) is 0 Å². The summed E-state index contributed by atoms with van der Waals surface area (Å²) in [5.41, 5.74) is 0.303. The monoisotopic (exact) mass is 513 g/mol. The Bertz CT molecular complexity index is 972. The van der Waals surface area contributed by atoms with Gasteiger partial charge in [0.25, 0.3) is 0 Å². The third-order valence-corrected chi connectivity index (χ3v) is 6.51. The minimum atomic E-state index is -1.50. The summed E-state index contributed by atoms with van der Waals surface area (Å²) < 4.78 is 10.3. The standard InChI is InChI=1S/C28H39N3O6/c1-28(35,30-25(32)16-10-18-36-2)24-15-9-17-31(24)26(33)23(19-21-11-5-3-6-12-21)29-27(34)37-20-22-13-7-4-8-14-22/h3-8,10-14,18,23-26,30,32-33,35H,9,15-17,19-20H2,1-2H3,(H,29,34)/b18-10+/t23-,24+,25-,26?,28?/m1/s1. The zero-order valence-electron chi connectivity index (χ0n) is 21.5. The molecule has 2 unspecified atom stereocenters. The van der Waals surface area contributed by atoms with Crippen LogP contribution >= 0.6 is 0 Å². The molecule has 0 radical (unpaired) electrons. The van der Waals surface area contributed by atoms with E-state index in [0.29, 0.717) is 19.4 Å². The second kappa shape index (κ2) is 14.1. The first-order valence-electron chi connectivity index (χ1n) is 12.6. The van der Waals surface area contributed by atoms with Crippen LogP contribution in [0.4, 0.5) is 4.79 Å². The van der Waals surface area contributed by atoms with E-state index >= 15 is 0 Å². The van der Waals surface area contributed by atoms with E-state index < -0.39 is 36.4 Å². The maximum Gasteiger partial charge on any atom is 0.407 e. The molecule has 1 aliphatic rings. The van der Waals surface area contributed by atoms with Crippen LogP contribution in [0.15, 0.2) is 73.0 Å². The lowest BCUT2D eigenvalue weighted by atomic mass is 9.99. The molecule has 0 aliphatic carbocycles. The van der Waals surface area contributed by atoms with Crippen LogP contribution in [0.5, 0.6) is 0 Å². The molecule has 5 atom stereocenters. The number of aliphatic hydroxyl groups is 3. The van der Waals surface area contributed by atoms with Gasteiger partial charge in [0.1, 0.15) is 24.8 Å². The number of carbonyl (C=O) groups excluding carboxylic acids is 1. The van der Waals surface area contributed by atoms with Crippen LogP contribution in [0.25, 0.3) is 0 Å². The van der Waals surface area contributed by atoms with Gasteiger partial charge in [-0.25, -0.2) is 4.79 Å². The quantitative estimate of drug-likeness (QED) is 0.205. The molecular weight excluding hydrogens is 474 g/mol. The molecule has 0 aromatic heterocycles. The van der Waals surface area contributed by atoms with E-state index in [4.69, 9.17) is 9.47 Å². The number of methoxy groups -OCH3 is 1. The van der Waals surface area contributed by atoms with Gasteiger partial charge in [0, 0.05) is 13.0 Å². The van der Waals surface area contributed by atoms with Crippen molar-refractivity contribution in [2.75, 3.05) is 13.7 Å². The van der Waals surface area contributed by atoms with E-state index in [0.717, 1.165) is 17.5 Å². The molecule has 1 aliphatic heterocycles. The van der Waals surface area contributed by atoms with Crippen molar-refractivity contribution < 1.29 is 29.6 Å². The predicted molar refractivity (Wildman–Crippen MR) is 140 cm³/mol. The van der Waals surface area contributed by atoms with Gasteiger partial charge < -0.3 is 30.1 Å². The highest BCUT2D eigenvalue weighted by molar-refractivity contribution is 5.67. The summed E-state index contributed by atoms with van der Waals surface area (Å²) in [6, 6.07) is 17.7. The van der Waals surface area contributed by atoms with Gasteiger partial charge in [-0.3, -0.25) is 10.2 Å². The second-order valence-corrected chi connectivity index (χ2v) is 9.46. The Kier molecular flexibility index (Phi) is 10.9. The van der Waals surface area contributed by atoms with E-state index in [1.807, 2.05) is 60.7 Å². The number of hydrogen-bond donors (Lipinski definition) is 5. The third-order valence-electron chi connectivity index (χ3n) is 6.51. The van der Waals surface area contributed by atoms with Crippen molar-refractivity contribution in [3.05, 3.63) is 84.1 Å². The van der Waals surface area contributed by atoms with E-state index in [-0.39, 0.29) is 13.0 Å². The molecule has 1 amide bonds. The van der Waals surface area contributed by atoms with Gasteiger partial charge in [0.15, 0.2) is 0 Å². The average Bonchev–Trinajstić information content (AvgIpc) is 3.39. The second-order valence-electron chi connectivity index (χ2n) is 9.46. The first kappa shape index (κ1) is 28.6. The molecule has 37 heavy (non-hydrogen) atoms. The lowest BCUT2D eigenvalue weighted by molar-refractivity contribution is -0.124. The topological polar surface area (TPSA) is 124 Å². The normalized spacial score (nSPS) is 20.2. The fraction of sp³-hybridized carbons (Fsp3) is 0.464. The molecule has 3 rings (SSSR count). The SMILES string of the molecule is CO/C=C/C[C@@H](O)NC(C)(O)[C@@H]1CCCN1C(O)[C@@H](Cc1ccccc1)NC(=O)OCc1ccccc1. The zero-order chi connectivity index (χ0) is 26.7. The Morgan fingerprint density at radius 1 is 1.14 bits per heavy atom. The van der Waals surface area contributed by atoms with Crippen LogP contribution in [-0.4, -0.2) is 70.2 Å². The van der Waals surface area contributed by atoms with Gasteiger partial charge in [0.2, 0.25) is 0 Å². The Balaban J connectivity index is 1.70. The van der Waals surface area contributed by atoms with Crippen LogP contribution in [0, 0.1) is 0 Å². The summed E-state index contributed by atoms with van der Waals surface area (Å²) in [5.74, 6) is 0. The van der Waals surface area contributed by atoms with Gasteiger partial charge in [-0.05, 0) is 43.4 Å². The summed E-state index contributed by atoms with van der Waals surface area (Å²) >= 11 is 0. The summed E-state index contributed by atoms with van der Waals surface area (Å²) in [4.78, 5) is 14.5. The van der Waals surface area contributed by atoms with Gasteiger partial charge in [0.05, 0.1) is 25.5 Å². The molecule has 0 spiro atoms. The molecule has 2 aromatic rings. The average molecular weight is 514 g/mol. The number of nitrogens with zero attached hydrogens (tertiary/aromatic N) is 1. The summed E-state index contributed by atoms with van der Waals surface area (Å²) in [5, 5.41) is 38.7. The molecule has 5 N–H and O–H groups in total. The highest BCUT2D eigenvalue weighted by Gasteiger charge is 2.44. The Morgan fingerprint density at radius 2 is 1.78 bits per heavy atom. The van der Waals surface area contributed by atoms with Crippen LogP contribution in [0.2, 0.25) is 0 Å². The lowest BCUT2D eigenvalue weighted by Gasteiger charge is -2.42. The molecule has 2 aromatic carbocycles. The molecule has 9 nitrogen and oxygen atoms in total. The van der Waals surface area contributed by atoms with Crippen LogP contribution in [0.3, 0.4) is 0 Å². The fourth-order valence-electron chi connectivity index (χ4n) is 4.73. The summed E-state index contributed by atoms with van der Waals surface area (Å²) in [6.07, 6.45) is 2.32. The van der Waals surface area contributed by atoms with Crippen molar-refractivity contribution in [1.29, 1.82) is 0 Å². The molecule has 202 valence electrons. The maximum absolute atomic E-state index is 12.7. The van der Waals surface area contributed by atoms with E-state index in [1.165, 1.54) is 13.4 Å². The summed E-state index contributed by atoms with van der Waals surface area (Å²) in [6.45, 7) is 2.22. The molecule has 1 saturated heterocycles. The minimum Gasteiger partial charge on any atom is -0.505 e. The number of alkyl carbamates (subject to hydrolysis) is 1. The van der Waals surface area contributed by atoms with Gasteiger partial charge in [-0.15, -0.1) is 0 Å². The van der Waals surface area contributed by atoms with E-state index in [1.54, 1.807) is 17.9 Å². The molecule has 9 heteroatoms. The highest BCUT2D eigenvalue weighted by Crippen LogP contribution is 2.29. The number of ether oxygens (including phenoxy) is 2. The molecule has 0 saturated carbocycles. The predicted octanol–water partition coefficient (Wildman–Crippen LogP) is 2.47. The first-order chi connectivity index (χ1) is 17.8. The Hall–Kier alpha value is -2.95. The van der Waals surface area contributed by atoms with Gasteiger partial charge in [-0.1, -0.05) is 60.7 Å². The number of likely N-dealkylation sites (tertiary alicyclic amines) is 1. The number of benzene rings is 2. The van der Waals surface area contributed by atoms with Crippen molar-refractivity contribution in [3.8, 4) is 0 Å². The van der Waals surface area contributed by atoms with Crippen molar-refractivity contribution in [2.24, 2.45) is 0 Å². The van der Waals surface area contributed by atoms with Crippen LogP contribution < -0.4 is 10.6 Å². The number of hydrogen-bond acceptors (Lipinski definition) is 8. The smallest absolute Gasteiger partial charge is 0.407 e. The lowest BCUT2D eigenvalue weighted by Crippen LogP contribution is -2.64. The largest absolute Gasteiger partial charge is 0.505 e. The van der Waals surface area contributed by atoms with Crippen molar-refractivity contribution >= 4 is 6.09 Å². The van der Waals surface area contributed by atoms with Crippen molar-refractivity contribution in [2.45, 2.75) is 69.5 Å². The third kappa shape index (κ3) is 8.84. The first-order valence-corrected chi connectivity index (χ1v) is 12.6. The highest BCUT2D eigenvalue weighted by atomic mass is 16.5. The number of aliphatic hydroxyl groups excluding tert-OH is 2. The fourth-order valence-corrected chi connectivity index (χ4v) is 4.73. The zero-order valence-corrected chi connectivity index (χ0v) is 21.5. The Morgan fingerprint density at radius 3 is 2.43 bits per heavy atom. The molecular formula is C28H39N3O6. The number of carbonyl (C=O) groups is 1. The molecule has 1 heterocycles. The number of amides is 1. The number of nitrogens with one attached hydrogen (secondary N) is 2. The Labute approximate surface area is 218 Å². The van der Waals surface area contributed by atoms with Crippen LogP contribution in [-0.2, 0) is 22.5 Å². The minimum absolute atomic E-state index is 0.112. The number of rotatable bonds is 13. The van der Waals surface area contributed by atoms with E-state index in [2.05, 4.69) is 10.6 Å². The van der Waals surface area contributed by atoms with Crippen molar-refractivity contribution in [1.82, 2.24) is 15.5 Å². The van der Waals surface area contributed by atoms with E-state index in [9.17, 15) is 20.1 Å². The van der Waals surface area contributed by atoms with Crippen LogP contribution in [0.1, 0.15) is 37.3 Å². The van der Waals surface area contributed by atoms with Gasteiger partial charge in [-0.2, -0.15) is 0 Å². The maximum atomic E-state index is 12.7. The van der Waals surface area contributed by atoms with Gasteiger partial charge >= 0.3 is 6.09 Å².